The Balaban J connectivity index is 2.21. The van der Waals surface area contributed by atoms with E-state index in [1.807, 2.05) is 13.8 Å². The summed E-state index contributed by atoms with van der Waals surface area (Å²) in [4.78, 5) is 40.9. The van der Waals surface area contributed by atoms with Crippen LogP contribution in [0.2, 0.25) is 0 Å². The number of amides is 2. The second-order valence-electron chi connectivity index (χ2n) is 6.35. The molecule has 2 amide bonds. The first-order chi connectivity index (χ1) is 12.8. The maximum Gasteiger partial charge on any atom is 0.261 e. The topological polar surface area (TPSA) is 112 Å². The fourth-order valence-corrected chi connectivity index (χ4v) is 2.51. The van der Waals surface area contributed by atoms with Crippen LogP contribution >= 0.6 is 0 Å². The monoisotopic (exact) mass is 376 g/mol. The zero-order chi connectivity index (χ0) is 20.1. The largest absolute Gasteiger partial charge is 0.493 e. The van der Waals surface area contributed by atoms with Crippen molar-refractivity contribution in [2.24, 2.45) is 0 Å². The molecule has 2 N–H and O–H groups in total. The van der Waals surface area contributed by atoms with Crippen molar-refractivity contribution in [1.29, 1.82) is 0 Å². The summed E-state index contributed by atoms with van der Waals surface area (Å²) < 4.78 is 11.6. The lowest BCUT2D eigenvalue weighted by atomic mass is 10.2. The minimum Gasteiger partial charge on any atom is -0.493 e. The number of methoxy groups -OCH3 is 2. The molecule has 0 bridgehead atoms. The molecule has 9 nitrogen and oxygen atoms in total. The third-order valence-corrected chi connectivity index (χ3v) is 3.85. The Morgan fingerprint density at radius 3 is 2.33 bits per heavy atom. The standard InChI is InChI=1S/C18H24N4O5/c1-10(2)20-17(24)11(3)21-16(23)8-22-9-19-13-7-15(27-5)14(26-4)6-12(13)18(22)25/h6-7,9-11H,8H2,1-5H3,(H,20,24)(H,21,23)/t11-/m0/s1. The Kier molecular flexibility index (Phi) is 6.38. The van der Waals surface area contributed by atoms with Gasteiger partial charge in [-0.2, -0.15) is 0 Å². The van der Waals surface area contributed by atoms with Gasteiger partial charge in [0.25, 0.3) is 5.56 Å². The van der Waals surface area contributed by atoms with E-state index < -0.39 is 17.5 Å². The van der Waals surface area contributed by atoms with Gasteiger partial charge in [0.15, 0.2) is 11.5 Å². The number of carbonyl (C=O) groups is 2. The van der Waals surface area contributed by atoms with Crippen molar-refractivity contribution in [3.05, 3.63) is 28.8 Å². The summed E-state index contributed by atoms with van der Waals surface area (Å²) >= 11 is 0. The van der Waals surface area contributed by atoms with E-state index in [9.17, 15) is 14.4 Å². The molecule has 2 rings (SSSR count). The molecule has 9 heteroatoms. The molecule has 0 saturated heterocycles. The average Bonchev–Trinajstić information content (AvgIpc) is 2.62. The molecule has 1 aromatic heterocycles. The van der Waals surface area contributed by atoms with Crippen molar-refractivity contribution >= 4 is 22.7 Å². The van der Waals surface area contributed by atoms with Crippen LogP contribution in [0.15, 0.2) is 23.3 Å². The number of fused-ring (bicyclic) bond motifs is 1. The van der Waals surface area contributed by atoms with Crippen LogP contribution in [-0.2, 0) is 16.1 Å². The number of aromatic nitrogens is 2. The molecule has 2 aromatic rings. The van der Waals surface area contributed by atoms with Crippen molar-refractivity contribution in [2.45, 2.75) is 39.4 Å². The molecule has 0 aliphatic heterocycles. The first kappa shape index (κ1) is 20.2. The summed E-state index contributed by atoms with van der Waals surface area (Å²) in [6.45, 7) is 4.98. The second kappa shape index (κ2) is 8.52. The first-order valence-electron chi connectivity index (χ1n) is 8.47. The van der Waals surface area contributed by atoms with Crippen LogP contribution in [0.5, 0.6) is 11.5 Å². The number of benzene rings is 1. The van der Waals surface area contributed by atoms with E-state index in [0.29, 0.717) is 22.4 Å². The van der Waals surface area contributed by atoms with Crippen molar-refractivity contribution < 1.29 is 19.1 Å². The van der Waals surface area contributed by atoms with Crippen LogP contribution in [-0.4, -0.2) is 47.7 Å². The fraction of sp³-hybridized carbons (Fsp3) is 0.444. The van der Waals surface area contributed by atoms with E-state index in [4.69, 9.17) is 9.47 Å². The number of nitrogens with one attached hydrogen (secondary N) is 2. The quantitative estimate of drug-likeness (QED) is 0.725. The van der Waals surface area contributed by atoms with E-state index >= 15 is 0 Å². The number of nitrogens with zero attached hydrogens (tertiary/aromatic N) is 2. The van der Waals surface area contributed by atoms with Crippen LogP contribution in [0.3, 0.4) is 0 Å². The SMILES string of the molecule is COc1cc2ncn(CC(=O)N[C@@H](C)C(=O)NC(C)C)c(=O)c2cc1OC. The van der Waals surface area contributed by atoms with Crippen LogP contribution in [0.4, 0.5) is 0 Å². The molecule has 0 spiro atoms. The van der Waals surface area contributed by atoms with Crippen molar-refractivity contribution in [3.8, 4) is 11.5 Å². The number of carbonyl (C=O) groups excluding carboxylic acids is 2. The van der Waals surface area contributed by atoms with Gasteiger partial charge in [-0.25, -0.2) is 4.98 Å². The van der Waals surface area contributed by atoms with Crippen molar-refractivity contribution in [3.63, 3.8) is 0 Å². The van der Waals surface area contributed by atoms with Gasteiger partial charge in [-0.05, 0) is 26.8 Å². The molecule has 1 atom stereocenters. The zero-order valence-corrected chi connectivity index (χ0v) is 16.0. The van der Waals surface area contributed by atoms with Gasteiger partial charge in [0.2, 0.25) is 11.8 Å². The second-order valence-corrected chi connectivity index (χ2v) is 6.35. The minimum atomic E-state index is -0.714. The van der Waals surface area contributed by atoms with Gasteiger partial charge < -0.3 is 20.1 Å². The fourth-order valence-electron chi connectivity index (χ4n) is 2.51. The molecule has 0 aliphatic rings. The Labute approximate surface area is 156 Å². The highest BCUT2D eigenvalue weighted by atomic mass is 16.5. The van der Waals surface area contributed by atoms with E-state index in [1.54, 1.807) is 13.0 Å². The van der Waals surface area contributed by atoms with Gasteiger partial charge in [0.05, 0.1) is 31.4 Å². The molecule has 1 heterocycles. The Morgan fingerprint density at radius 2 is 1.74 bits per heavy atom. The molecule has 0 saturated carbocycles. The van der Waals surface area contributed by atoms with Gasteiger partial charge in [0, 0.05) is 12.1 Å². The molecule has 0 aliphatic carbocycles. The molecule has 0 fully saturated rings. The minimum absolute atomic E-state index is 0.0314. The normalized spacial score (nSPS) is 11.9. The van der Waals surface area contributed by atoms with Gasteiger partial charge in [-0.3, -0.25) is 19.0 Å². The third-order valence-electron chi connectivity index (χ3n) is 3.85. The number of ether oxygens (including phenoxy) is 2. The summed E-state index contributed by atoms with van der Waals surface area (Å²) in [6.07, 6.45) is 1.29. The summed E-state index contributed by atoms with van der Waals surface area (Å²) in [5.74, 6) is 0.0896. The number of hydrogen-bond donors (Lipinski definition) is 2. The van der Waals surface area contributed by atoms with Crippen LogP contribution in [0.1, 0.15) is 20.8 Å². The summed E-state index contributed by atoms with van der Waals surface area (Å²) in [6, 6.07) is 2.37. The molecule has 1 aromatic carbocycles. The predicted octanol–water partition coefficient (Wildman–Crippen LogP) is 0.443. The van der Waals surface area contributed by atoms with Gasteiger partial charge in [-0.15, -0.1) is 0 Å². The van der Waals surface area contributed by atoms with E-state index in [0.717, 1.165) is 0 Å². The van der Waals surface area contributed by atoms with Crippen LogP contribution in [0, 0.1) is 0 Å². The Morgan fingerprint density at radius 1 is 1.11 bits per heavy atom. The third kappa shape index (κ3) is 4.75. The molecule has 146 valence electrons. The van der Waals surface area contributed by atoms with Gasteiger partial charge in [-0.1, -0.05) is 0 Å². The van der Waals surface area contributed by atoms with E-state index in [2.05, 4.69) is 15.6 Å². The Bertz CT molecular complexity index is 906. The highest BCUT2D eigenvalue weighted by Crippen LogP contribution is 2.29. The molecular formula is C18H24N4O5. The zero-order valence-electron chi connectivity index (χ0n) is 16.0. The molecule has 0 unspecified atom stereocenters. The lowest BCUT2D eigenvalue weighted by Crippen LogP contribution is -2.48. The summed E-state index contributed by atoms with van der Waals surface area (Å²) in [5.41, 5.74) is 0.0365. The van der Waals surface area contributed by atoms with Gasteiger partial charge in [0.1, 0.15) is 12.6 Å². The lowest BCUT2D eigenvalue weighted by molar-refractivity contribution is -0.129. The van der Waals surface area contributed by atoms with E-state index in [1.165, 1.54) is 31.2 Å². The average molecular weight is 376 g/mol. The van der Waals surface area contributed by atoms with Crippen molar-refractivity contribution in [1.82, 2.24) is 20.2 Å². The lowest BCUT2D eigenvalue weighted by Gasteiger charge is -2.16. The Hall–Kier alpha value is -3.10. The maximum atomic E-state index is 12.7. The number of rotatable bonds is 7. The number of hydrogen-bond acceptors (Lipinski definition) is 6. The predicted molar refractivity (Wildman–Crippen MR) is 100.0 cm³/mol. The smallest absolute Gasteiger partial charge is 0.261 e. The first-order valence-corrected chi connectivity index (χ1v) is 8.47. The van der Waals surface area contributed by atoms with Crippen LogP contribution in [0.25, 0.3) is 10.9 Å². The molecular weight excluding hydrogens is 352 g/mol. The highest BCUT2D eigenvalue weighted by Gasteiger charge is 2.17. The van der Waals surface area contributed by atoms with Crippen LogP contribution < -0.4 is 25.7 Å². The van der Waals surface area contributed by atoms with Crippen molar-refractivity contribution in [2.75, 3.05) is 14.2 Å². The summed E-state index contributed by atoms with van der Waals surface area (Å²) in [5, 5.41) is 5.58. The maximum absolute atomic E-state index is 12.7. The molecule has 0 radical (unpaired) electrons. The van der Waals surface area contributed by atoms with Gasteiger partial charge >= 0.3 is 0 Å². The highest BCUT2D eigenvalue weighted by molar-refractivity contribution is 5.87. The molecule has 27 heavy (non-hydrogen) atoms. The van der Waals surface area contributed by atoms with E-state index in [-0.39, 0.29) is 18.5 Å². The summed E-state index contributed by atoms with van der Waals surface area (Å²) in [7, 11) is 2.96.